The third-order valence-electron chi connectivity index (χ3n) is 6.25. The number of amides is 2. The van der Waals surface area contributed by atoms with Gasteiger partial charge in [0.15, 0.2) is 0 Å². The predicted octanol–water partition coefficient (Wildman–Crippen LogP) is 3.48. The Bertz CT molecular complexity index is 847. The number of aromatic nitrogens is 2. The van der Waals surface area contributed by atoms with E-state index in [0.717, 1.165) is 37.1 Å². The number of nitrogens with one attached hydrogen (secondary N) is 1. The van der Waals surface area contributed by atoms with Gasteiger partial charge in [-0.2, -0.15) is 5.10 Å². The van der Waals surface area contributed by atoms with Crippen molar-refractivity contribution in [3.63, 3.8) is 0 Å². The molecule has 2 heterocycles. The lowest BCUT2D eigenvalue weighted by molar-refractivity contribution is -0.123. The van der Waals surface area contributed by atoms with Crippen molar-refractivity contribution in [3.8, 4) is 5.69 Å². The zero-order chi connectivity index (χ0) is 20.2. The van der Waals surface area contributed by atoms with E-state index in [0.29, 0.717) is 37.0 Å². The van der Waals surface area contributed by atoms with Gasteiger partial charge in [-0.1, -0.05) is 31.0 Å². The van der Waals surface area contributed by atoms with E-state index >= 15 is 0 Å². The molecule has 1 aromatic heterocycles. The first-order chi connectivity index (χ1) is 14.1. The van der Waals surface area contributed by atoms with Crippen molar-refractivity contribution < 1.29 is 9.59 Å². The highest BCUT2D eigenvalue weighted by molar-refractivity contribution is 5.95. The maximum absolute atomic E-state index is 13.0. The fourth-order valence-corrected chi connectivity index (χ4v) is 4.51. The Kier molecular flexibility index (Phi) is 5.97. The quantitative estimate of drug-likeness (QED) is 0.844. The molecule has 1 saturated heterocycles. The van der Waals surface area contributed by atoms with Crippen molar-refractivity contribution in [1.29, 1.82) is 0 Å². The molecule has 0 unspecified atom stereocenters. The van der Waals surface area contributed by atoms with Crippen LogP contribution >= 0.6 is 0 Å². The highest BCUT2D eigenvalue weighted by atomic mass is 16.2. The van der Waals surface area contributed by atoms with Crippen molar-refractivity contribution in [2.75, 3.05) is 13.1 Å². The van der Waals surface area contributed by atoms with Crippen molar-refractivity contribution in [2.45, 2.75) is 57.9 Å². The molecule has 2 aromatic rings. The van der Waals surface area contributed by atoms with Crippen LogP contribution in [-0.2, 0) is 4.79 Å². The zero-order valence-corrected chi connectivity index (χ0v) is 17.1. The Morgan fingerprint density at radius 2 is 1.76 bits per heavy atom. The molecule has 0 spiro atoms. The van der Waals surface area contributed by atoms with Crippen LogP contribution in [0, 0.1) is 12.8 Å². The highest BCUT2D eigenvalue weighted by Gasteiger charge is 2.27. The molecule has 2 amide bonds. The van der Waals surface area contributed by atoms with E-state index in [2.05, 4.69) is 10.4 Å². The lowest BCUT2D eigenvalue weighted by Gasteiger charge is -2.31. The molecular formula is C23H30N4O2. The van der Waals surface area contributed by atoms with E-state index in [4.69, 9.17) is 0 Å². The molecule has 154 valence electrons. The molecule has 2 aliphatic rings. The molecular weight excluding hydrogens is 364 g/mol. The van der Waals surface area contributed by atoms with Crippen LogP contribution in [0.25, 0.3) is 5.69 Å². The molecule has 1 aromatic carbocycles. The number of piperidine rings is 1. The van der Waals surface area contributed by atoms with Gasteiger partial charge in [0.2, 0.25) is 5.91 Å². The van der Waals surface area contributed by atoms with Gasteiger partial charge in [-0.05, 0) is 50.7 Å². The van der Waals surface area contributed by atoms with Gasteiger partial charge in [0.25, 0.3) is 5.91 Å². The summed E-state index contributed by atoms with van der Waals surface area (Å²) in [5.41, 5.74) is 2.35. The lowest BCUT2D eigenvalue weighted by Crippen LogP contribution is -2.40. The average Bonchev–Trinajstić information content (AvgIpc) is 3.38. The first-order valence-corrected chi connectivity index (χ1v) is 10.8. The molecule has 29 heavy (non-hydrogen) atoms. The Morgan fingerprint density at radius 3 is 2.45 bits per heavy atom. The molecule has 6 nitrogen and oxygen atoms in total. The van der Waals surface area contributed by atoms with Crippen molar-refractivity contribution in [2.24, 2.45) is 5.92 Å². The number of likely N-dealkylation sites (tertiary alicyclic amines) is 1. The summed E-state index contributed by atoms with van der Waals surface area (Å²) in [6.45, 7) is 3.29. The van der Waals surface area contributed by atoms with Crippen LogP contribution in [-0.4, -0.2) is 45.6 Å². The van der Waals surface area contributed by atoms with Gasteiger partial charge in [-0.3, -0.25) is 9.59 Å². The summed E-state index contributed by atoms with van der Waals surface area (Å²) in [5, 5.41) is 7.70. The minimum atomic E-state index is 0.0403. The van der Waals surface area contributed by atoms with E-state index in [9.17, 15) is 9.59 Å². The Hall–Kier alpha value is -2.63. The molecule has 0 bridgehead atoms. The number of carbonyl (C=O) groups excluding carboxylic acids is 2. The average molecular weight is 395 g/mol. The number of hydrogen-bond donors (Lipinski definition) is 1. The molecule has 2 fully saturated rings. The maximum atomic E-state index is 13.0. The maximum Gasteiger partial charge on any atom is 0.257 e. The number of para-hydroxylation sites is 1. The number of hydrogen-bond acceptors (Lipinski definition) is 3. The summed E-state index contributed by atoms with van der Waals surface area (Å²) in [7, 11) is 0. The van der Waals surface area contributed by atoms with Gasteiger partial charge >= 0.3 is 0 Å². The number of aryl methyl sites for hydroxylation is 1. The summed E-state index contributed by atoms with van der Waals surface area (Å²) in [5.74, 6) is 0.591. The monoisotopic (exact) mass is 394 g/mol. The summed E-state index contributed by atoms with van der Waals surface area (Å²) in [4.78, 5) is 27.2. The van der Waals surface area contributed by atoms with E-state index in [-0.39, 0.29) is 11.8 Å². The Labute approximate surface area is 172 Å². The van der Waals surface area contributed by atoms with Gasteiger partial charge in [0.05, 0.1) is 16.9 Å². The molecule has 1 saturated carbocycles. The number of nitrogens with zero attached hydrogens (tertiary/aromatic N) is 3. The normalized spacial score (nSPS) is 18.2. The molecule has 1 aliphatic carbocycles. The molecule has 1 aliphatic heterocycles. The molecule has 1 N–H and O–H groups in total. The van der Waals surface area contributed by atoms with Crippen LogP contribution in [0.5, 0.6) is 0 Å². The third-order valence-corrected chi connectivity index (χ3v) is 6.25. The van der Waals surface area contributed by atoms with Gasteiger partial charge in [-0.25, -0.2) is 4.68 Å². The van der Waals surface area contributed by atoms with Gasteiger partial charge in [0, 0.05) is 31.7 Å². The molecule has 0 radical (unpaired) electrons. The van der Waals surface area contributed by atoms with Crippen molar-refractivity contribution >= 4 is 11.8 Å². The first kappa shape index (κ1) is 19.7. The van der Waals surface area contributed by atoms with Gasteiger partial charge in [-0.15, -0.1) is 0 Å². The van der Waals surface area contributed by atoms with Crippen LogP contribution in [0.3, 0.4) is 0 Å². The fourth-order valence-electron chi connectivity index (χ4n) is 4.51. The Balaban J connectivity index is 1.31. The van der Waals surface area contributed by atoms with Crippen LogP contribution < -0.4 is 5.32 Å². The van der Waals surface area contributed by atoms with Crippen molar-refractivity contribution in [3.05, 3.63) is 47.8 Å². The number of rotatable bonds is 5. The predicted molar refractivity (Wildman–Crippen MR) is 112 cm³/mol. The second-order valence-corrected chi connectivity index (χ2v) is 8.40. The highest BCUT2D eigenvalue weighted by Crippen LogP contribution is 2.24. The number of carbonyl (C=O) groups is 2. The second-order valence-electron chi connectivity index (χ2n) is 8.40. The van der Waals surface area contributed by atoms with E-state index in [1.807, 2.05) is 48.4 Å². The van der Waals surface area contributed by atoms with Crippen LogP contribution in [0.15, 0.2) is 36.5 Å². The van der Waals surface area contributed by atoms with Crippen LogP contribution in [0.2, 0.25) is 0 Å². The molecule has 6 heteroatoms. The van der Waals surface area contributed by atoms with E-state index in [1.54, 1.807) is 4.68 Å². The lowest BCUT2D eigenvalue weighted by atomic mass is 9.92. The SMILES string of the molecule is Cc1nn(-c2ccccc2)cc1C(=O)N1CCC(CC(=O)NC2CCCC2)CC1. The summed E-state index contributed by atoms with van der Waals surface area (Å²) >= 11 is 0. The minimum absolute atomic E-state index is 0.0403. The first-order valence-electron chi connectivity index (χ1n) is 10.8. The number of benzene rings is 1. The van der Waals surface area contributed by atoms with Crippen LogP contribution in [0.4, 0.5) is 0 Å². The van der Waals surface area contributed by atoms with E-state index < -0.39 is 0 Å². The van der Waals surface area contributed by atoms with Crippen LogP contribution in [0.1, 0.15) is 61.0 Å². The Morgan fingerprint density at radius 1 is 1.07 bits per heavy atom. The van der Waals surface area contributed by atoms with Gasteiger partial charge in [0.1, 0.15) is 0 Å². The van der Waals surface area contributed by atoms with Crippen molar-refractivity contribution in [1.82, 2.24) is 20.0 Å². The largest absolute Gasteiger partial charge is 0.353 e. The zero-order valence-electron chi connectivity index (χ0n) is 17.1. The summed E-state index contributed by atoms with van der Waals surface area (Å²) in [6, 6.07) is 10.2. The second kappa shape index (κ2) is 8.80. The van der Waals surface area contributed by atoms with Gasteiger partial charge < -0.3 is 10.2 Å². The third kappa shape index (κ3) is 4.69. The standard InChI is InChI=1S/C23H30N4O2/c1-17-21(16-27(25-17)20-9-3-2-4-10-20)23(29)26-13-11-18(12-14-26)15-22(28)24-19-7-5-6-8-19/h2-4,9-10,16,18-19H,5-8,11-15H2,1H3,(H,24,28). The fraction of sp³-hybridized carbons (Fsp3) is 0.522. The summed E-state index contributed by atoms with van der Waals surface area (Å²) < 4.78 is 1.77. The molecule has 0 atom stereocenters. The topological polar surface area (TPSA) is 67.2 Å². The summed E-state index contributed by atoms with van der Waals surface area (Å²) in [6.07, 6.45) is 8.88. The smallest absolute Gasteiger partial charge is 0.257 e. The molecule has 4 rings (SSSR count). The van der Waals surface area contributed by atoms with E-state index in [1.165, 1.54) is 12.8 Å². The minimum Gasteiger partial charge on any atom is -0.353 e.